The minimum Gasteiger partial charge on any atom is -0.496 e. The van der Waals surface area contributed by atoms with Gasteiger partial charge in [0.2, 0.25) is 0 Å². The highest BCUT2D eigenvalue weighted by molar-refractivity contribution is 6.31. The number of methoxy groups -OCH3 is 1. The summed E-state index contributed by atoms with van der Waals surface area (Å²) >= 11 is 5.98. The van der Waals surface area contributed by atoms with Crippen LogP contribution in [0, 0.1) is 0 Å². The first kappa shape index (κ1) is 12.6. The van der Waals surface area contributed by atoms with Crippen LogP contribution in [0.1, 0.15) is 17.3 Å². The summed E-state index contributed by atoms with van der Waals surface area (Å²) in [5.74, 6) is 0.673. The predicted octanol–water partition coefficient (Wildman–Crippen LogP) is 3.61. The van der Waals surface area contributed by atoms with E-state index >= 15 is 0 Å². The molecule has 1 aromatic heterocycles. The molecule has 2 rings (SSSR count). The van der Waals surface area contributed by atoms with E-state index in [1.807, 2.05) is 0 Å². The van der Waals surface area contributed by atoms with Gasteiger partial charge in [-0.1, -0.05) is 11.6 Å². The molecule has 0 aliphatic carbocycles. The number of hydrogen-bond donors (Lipinski definition) is 0. The number of hydrogen-bond acceptors (Lipinski definition) is 3. The molecule has 18 heavy (non-hydrogen) atoms. The molecule has 3 nitrogen and oxygen atoms in total. The van der Waals surface area contributed by atoms with Crippen molar-refractivity contribution >= 4 is 17.4 Å². The highest BCUT2D eigenvalue weighted by Gasteiger charge is 2.09. The molecule has 4 heteroatoms. The molecule has 0 amide bonds. The predicted molar refractivity (Wildman–Crippen MR) is 71.2 cm³/mol. The van der Waals surface area contributed by atoms with E-state index < -0.39 is 0 Å². The minimum absolute atomic E-state index is 0.0228. The summed E-state index contributed by atoms with van der Waals surface area (Å²) in [5, 5.41) is 0.610. The highest BCUT2D eigenvalue weighted by Crippen LogP contribution is 2.32. The van der Waals surface area contributed by atoms with Gasteiger partial charge in [-0.3, -0.25) is 9.78 Å². The molecule has 0 aliphatic rings. The molecule has 1 aromatic carbocycles. The summed E-state index contributed by atoms with van der Waals surface area (Å²) in [5.41, 5.74) is 2.19. The van der Waals surface area contributed by atoms with Gasteiger partial charge in [0.15, 0.2) is 5.78 Å². The van der Waals surface area contributed by atoms with Crippen LogP contribution in [0.3, 0.4) is 0 Å². The number of ether oxygens (including phenoxy) is 1. The van der Waals surface area contributed by atoms with Gasteiger partial charge in [0.25, 0.3) is 0 Å². The number of ketones is 1. The average Bonchev–Trinajstić information content (AvgIpc) is 2.39. The summed E-state index contributed by atoms with van der Waals surface area (Å²) in [6.07, 6.45) is 3.23. The summed E-state index contributed by atoms with van der Waals surface area (Å²) in [6.45, 7) is 1.51. The second-order valence-electron chi connectivity index (χ2n) is 3.86. The van der Waals surface area contributed by atoms with Crippen molar-refractivity contribution in [1.82, 2.24) is 4.98 Å². The quantitative estimate of drug-likeness (QED) is 0.793. The van der Waals surface area contributed by atoms with Crippen molar-refractivity contribution in [1.29, 1.82) is 0 Å². The molecule has 0 fully saturated rings. The van der Waals surface area contributed by atoms with Crippen LogP contribution in [0.25, 0.3) is 11.1 Å². The van der Waals surface area contributed by atoms with E-state index in [-0.39, 0.29) is 5.78 Å². The first-order valence-corrected chi connectivity index (χ1v) is 5.79. The fourth-order valence-corrected chi connectivity index (χ4v) is 1.86. The Morgan fingerprint density at radius 2 is 2.06 bits per heavy atom. The number of halogens is 1. The van der Waals surface area contributed by atoms with Gasteiger partial charge in [-0.15, -0.1) is 0 Å². The van der Waals surface area contributed by atoms with Crippen molar-refractivity contribution in [2.45, 2.75) is 6.92 Å². The van der Waals surface area contributed by atoms with Gasteiger partial charge < -0.3 is 4.74 Å². The molecule has 92 valence electrons. The Kier molecular flexibility index (Phi) is 3.63. The van der Waals surface area contributed by atoms with Gasteiger partial charge in [-0.05, 0) is 31.2 Å². The van der Waals surface area contributed by atoms with E-state index in [1.54, 1.807) is 43.8 Å². The maximum absolute atomic E-state index is 11.4. The fraction of sp³-hybridized carbons (Fsp3) is 0.143. The molecule has 0 radical (unpaired) electrons. The van der Waals surface area contributed by atoms with Crippen molar-refractivity contribution in [3.05, 3.63) is 47.2 Å². The third kappa shape index (κ3) is 2.51. The summed E-state index contributed by atoms with van der Waals surface area (Å²) < 4.78 is 5.28. The second kappa shape index (κ2) is 5.19. The third-order valence-electron chi connectivity index (χ3n) is 2.62. The van der Waals surface area contributed by atoms with E-state index in [0.717, 1.165) is 11.1 Å². The molecule has 0 bridgehead atoms. The van der Waals surface area contributed by atoms with Crippen LogP contribution in [0.5, 0.6) is 5.75 Å². The molecule has 0 aliphatic heterocycles. The molecule has 0 saturated carbocycles. The molecular weight excluding hydrogens is 250 g/mol. The number of nitrogens with zero attached hydrogens (tertiary/aromatic N) is 1. The van der Waals surface area contributed by atoms with Crippen LogP contribution in [0.2, 0.25) is 5.02 Å². The van der Waals surface area contributed by atoms with E-state index in [9.17, 15) is 4.79 Å². The third-order valence-corrected chi connectivity index (χ3v) is 2.85. The largest absolute Gasteiger partial charge is 0.496 e. The lowest BCUT2D eigenvalue weighted by molar-refractivity contribution is 0.101. The number of carbonyl (C=O) groups is 1. The first-order valence-electron chi connectivity index (χ1n) is 5.41. The zero-order valence-corrected chi connectivity index (χ0v) is 10.9. The van der Waals surface area contributed by atoms with Crippen LogP contribution < -0.4 is 4.74 Å². The maximum atomic E-state index is 11.4. The van der Waals surface area contributed by atoms with Crippen LogP contribution in [-0.4, -0.2) is 17.9 Å². The molecular formula is C14H12ClNO2. The zero-order chi connectivity index (χ0) is 13.1. The molecule has 0 saturated heterocycles. The van der Waals surface area contributed by atoms with Crippen LogP contribution in [0.4, 0.5) is 0 Å². The molecule has 0 spiro atoms. The molecule has 0 atom stereocenters. The van der Waals surface area contributed by atoms with Gasteiger partial charge in [-0.2, -0.15) is 0 Å². The van der Waals surface area contributed by atoms with Gasteiger partial charge in [0, 0.05) is 34.1 Å². The Morgan fingerprint density at radius 3 is 2.72 bits per heavy atom. The normalized spacial score (nSPS) is 10.2. The monoisotopic (exact) mass is 261 g/mol. The number of benzene rings is 1. The van der Waals surface area contributed by atoms with Crippen molar-refractivity contribution in [2.75, 3.05) is 7.11 Å². The SMILES string of the molecule is COc1ccc(Cl)cc1-c1cncc(C(C)=O)c1. The molecule has 1 heterocycles. The Balaban J connectivity index is 2.57. The van der Waals surface area contributed by atoms with E-state index in [1.165, 1.54) is 6.92 Å². The smallest absolute Gasteiger partial charge is 0.161 e. The van der Waals surface area contributed by atoms with Crippen molar-refractivity contribution in [3.8, 4) is 16.9 Å². The van der Waals surface area contributed by atoms with Crippen LogP contribution >= 0.6 is 11.6 Å². The number of rotatable bonds is 3. The van der Waals surface area contributed by atoms with E-state index in [2.05, 4.69) is 4.98 Å². The van der Waals surface area contributed by atoms with Crippen molar-refractivity contribution < 1.29 is 9.53 Å². The van der Waals surface area contributed by atoms with Gasteiger partial charge in [0.05, 0.1) is 7.11 Å². The summed E-state index contributed by atoms with van der Waals surface area (Å²) in [6, 6.07) is 7.12. The van der Waals surface area contributed by atoms with E-state index in [0.29, 0.717) is 16.3 Å². The molecule has 0 N–H and O–H groups in total. The Labute approximate surface area is 110 Å². The van der Waals surface area contributed by atoms with Gasteiger partial charge in [-0.25, -0.2) is 0 Å². The fourth-order valence-electron chi connectivity index (χ4n) is 1.69. The molecule has 2 aromatic rings. The zero-order valence-electron chi connectivity index (χ0n) is 10.1. The lowest BCUT2D eigenvalue weighted by Crippen LogP contribution is -1.95. The van der Waals surface area contributed by atoms with Gasteiger partial charge >= 0.3 is 0 Å². The second-order valence-corrected chi connectivity index (χ2v) is 4.30. The maximum Gasteiger partial charge on any atom is 0.161 e. The Morgan fingerprint density at radius 1 is 1.28 bits per heavy atom. The van der Waals surface area contributed by atoms with Crippen molar-refractivity contribution in [3.63, 3.8) is 0 Å². The topological polar surface area (TPSA) is 39.2 Å². The van der Waals surface area contributed by atoms with Crippen LogP contribution in [-0.2, 0) is 0 Å². The van der Waals surface area contributed by atoms with Gasteiger partial charge in [0.1, 0.15) is 5.75 Å². The summed E-state index contributed by atoms with van der Waals surface area (Å²) in [7, 11) is 1.59. The minimum atomic E-state index is -0.0228. The number of carbonyl (C=O) groups excluding carboxylic acids is 1. The van der Waals surface area contributed by atoms with Crippen molar-refractivity contribution in [2.24, 2.45) is 0 Å². The summed E-state index contributed by atoms with van der Waals surface area (Å²) in [4.78, 5) is 15.4. The first-order chi connectivity index (χ1) is 8.61. The number of Topliss-reactive ketones (excluding diaryl/α,β-unsaturated/α-hetero) is 1. The average molecular weight is 262 g/mol. The van der Waals surface area contributed by atoms with Crippen LogP contribution in [0.15, 0.2) is 36.7 Å². The molecule has 0 unspecified atom stereocenters. The number of pyridine rings is 1. The number of aromatic nitrogens is 1. The lowest BCUT2D eigenvalue weighted by Gasteiger charge is -2.09. The standard InChI is InChI=1S/C14H12ClNO2/c1-9(17)10-5-11(8-16-7-10)13-6-12(15)3-4-14(13)18-2/h3-8H,1-2H3. The lowest BCUT2D eigenvalue weighted by atomic mass is 10.0. The van der Waals surface area contributed by atoms with E-state index in [4.69, 9.17) is 16.3 Å². The Hall–Kier alpha value is -1.87. The Bertz CT molecular complexity index is 596. The highest BCUT2D eigenvalue weighted by atomic mass is 35.5.